The fraction of sp³-hybridized carbons (Fsp3) is 0.286. The Morgan fingerprint density at radius 1 is 1.43 bits per heavy atom. The van der Waals surface area contributed by atoms with Crippen molar-refractivity contribution in [1.82, 2.24) is 5.32 Å². The van der Waals surface area contributed by atoms with Crippen LogP contribution >= 0.6 is 11.6 Å². The number of amides is 1. The summed E-state index contributed by atoms with van der Waals surface area (Å²) in [7, 11) is 1.50. The summed E-state index contributed by atoms with van der Waals surface area (Å²) >= 11 is 5.79. The van der Waals surface area contributed by atoms with E-state index >= 15 is 0 Å². The number of hydrogen-bond acceptors (Lipinski definition) is 4. The zero-order valence-corrected chi connectivity index (χ0v) is 12.2. The van der Waals surface area contributed by atoms with Crippen LogP contribution < -0.4 is 5.32 Å². The van der Waals surface area contributed by atoms with E-state index < -0.39 is 24.3 Å². The molecule has 0 unspecified atom stereocenters. The molecule has 5 nitrogen and oxygen atoms in total. The summed E-state index contributed by atoms with van der Waals surface area (Å²) in [5.74, 6) is -1.77. The van der Waals surface area contributed by atoms with Gasteiger partial charge in [-0.2, -0.15) is 0 Å². The Morgan fingerprint density at radius 2 is 2.19 bits per heavy atom. The van der Waals surface area contributed by atoms with Gasteiger partial charge >= 0.3 is 5.97 Å². The predicted molar refractivity (Wildman–Crippen MR) is 76.3 cm³/mol. The van der Waals surface area contributed by atoms with E-state index in [1.54, 1.807) is 0 Å². The van der Waals surface area contributed by atoms with Gasteiger partial charge < -0.3 is 14.8 Å². The van der Waals surface area contributed by atoms with Crippen LogP contribution in [-0.4, -0.2) is 38.7 Å². The summed E-state index contributed by atoms with van der Waals surface area (Å²) in [6, 6.07) is 4.18. The first-order valence-electron chi connectivity index (χ1n) is 6.09. The average Bonchev–Trinajstić information content (AvgIpc) is 2.45. The van der Waals surface area contributed by atoms with Crippen LogP contribution in [0, 0.1) is 5.82 Å². The van der Waals surface area contributed by atoms with Gasteiger partial charge in [-0.15, -0.1) is 0 Å². The molecule has 1 aromatic rings. The Morgan fingerprint density at radius 3 is 2.86 bits per heavy atom. The maximum absolute atomic E-state index is 13.4. The zero-order chi connectivity index (χ0) is 15.7. The first-order chi connectivity index (χ1) is 10.0. The van der Waals surface area contributed by atoms with E-state index in [-0.39, 0.29) is 10.6 Å². The number of nitrogens with one attached hydrogen (secondary N) is 1. The van der Waals surface area contributed by atoms with Crippen LogP contribution in [0.5, 0.6) is 0 Å². The summed E-state index contributed by atoms with van der Waals surface area (Å²) in [6.07, 6.45) is 2.20. The number of benzene rings is 1. The van der Waals surface area contributed by atoms with Gasteiger partial charge in [-0.05, 0) is 18.2 Å². The van der Waals surface area contributed by atoms with E-state index in [4.69, 9.17) is 21.1 Å². The van der Waals surface area contributed by atoms with Crippen molar-refractivity contribution in [3.05, 3.63) is 40.7 Å². The van der Waals surface area contributed by atoms with Gasteiger partial charge in [0.05, 0.1) is 11.6 Å². The second kappa shape index (κ2) is 9.10. The van der Waals surface area contributed by atoms with Gasteiger partial charge in [-0.25, -0.2) is 9.18 Å². The molecule has 1 amide bonds. The van der Waals surface area contributed by atoms with E-state index in [0.29, 0.717) is 13.2 Å². The van der Waals surface area contributed by atoms with Crippen molar-refractivity contribution in [3.8, 4) is 0 Å². The number of hydrogen-bond donors (Lipinski definition) is 1. The monoisotopic (exact) mass is 315 g/mol. The summed E-state index contributed by atoms with van der Waals surface area (Å²) in [5, 5.41) is 2.66. The smallest absolute Gasteiger partial charge is 0.331 e. The molecule has 0 radical (unpaired) electrons. The number of ether oxygens (including phenoxy) is 2. The molecule has 0 aliphatic heterocycles. The lowest BCUT2D eigenvalue weighted by Gasteiger charge is -2.04. The third-order valence-electron chi connectivity index (χ3n) is 2.36. The minimum atomic E-state index is -0.767. The van der Waals surface area contributed by atoms with Crippen molar-refractivity contribution >= 4 is 29.6 Å². The molecule has 0 aliphatic carbocycles. The first-order valence-corrected chi connectivity index (χ1v) is 6.47. The molecule has 0 saturated heterocycles. The van der Waals surface area contributed by atoms with Gasteiger partial charge in [-0.3, -0.25) is 4.79 Å². The lowest BCUT2D eigenvalue weighted by molar-refractivity contribution is -0.143. The number of halogens is 2. The molecule has 1 aromatic carbocycles. The molecule has 0 aliphatic rings. The molecular formula is C14H15ClFNO4. The fourth-order valence-electron chi connectivity index (χ4n) is 1.35. The molecule has 0 aromatic heterocycles. The Kier molecular flexibility index (Phi) is 7.42. The molecule has 0 atom stereocenters. The number of carbonyl (C=O) groups excluding carboxylic acids is 2. The van der Waals surface area contributed by atoms with Crippen molar-refractivity contribution in [2.75, 3.05) is 26.9 Å². The minimum Gasteiger partial charge on any atom is -0.452 e. The van der Waals surface area contributed by atoms with Gasteiger partial charge in [0.25, 0.3) is 5.91 Å². The van der Waals surface area contributed by atoms with Crippen LogP contribution in [0.2, 0.25) is 5.02 Å². The highest BCUT2D eigenvalue weighted by Gasteiger charge is 2.06. The molecule has 114 valence electrons. The molecule has 0 saturated carbocycles. The second-order valence-electron chi connectivity index (χ2n) is 3.92. The molecule has 1 N–H and O–H groups in total. The molecule has 21 heavy (non-hydrogen) atoms. The first kappa shape index (κ1) is 17.1. The number of methoxy groups -OCH3 is 1. The topological polar surface area (TPSA) is 64.6 Å². The minimum absolute atomic E-state index is 0.0839. The van der Waals surface area contributed by atoms with Crippen molar-refractivity contribution in [3.63, 3.8) is 0 Å². The van der Waals surface area contributed by atoms with Crippen LogP contribution in [0.4, 0.5) is 4.39 Å². The molecule has 0 fully saturated rings. The summed E-state index contributed by atoms with van der Waals surface area (Å²) in [4.78, 5) is 22.6. The van der Waals surface area contributed by atoms with Gasteiger partial charge in [0.15, 0.2) is 6.61 Å². The Balaban J connectivity index is 2.43. The van der Waals surface area contributed by atoms with Crippen LogP contribution in [0.15, 0.2) is 24.3 Å². The Hall–Kier alpha value is -1.92. The summed E-state index contributed by atoms with van der Waals surface area (Å²) < 4.78 is 22.9. The SMILES string of the molecule is COCCNC(=O)COC(=O)/C=C/c1c(F)cccc1Cl. The number of rotatable bonds is 7. The molecule has 1 rings (SSSR count). The predicted octanol–water partition coefficient (Wildman–Crippen LogP) is 1.80. The zero-order valence-electron chi connectivity index (χ0n) is 11.4. The molecule has 7 heteroatoms. The standard InChI is InChI=1S/C14H15ClFNO4/c1-20-8-7-17-13(18)9-21-14(19)6-5-10-11(15)3-2-4-12(10)16/h2-6H,7-9H2,1H3,(H,17,18)/b6-5+. The number of carbonyl (C=O) groups is 2. The van der Waals surface area contributed by atoms with Crippen molar-refractivity contribution in [1.29, 1.82) is 0 Å². The third-order valence-corrected chi connectivity index (χ3v) is 2.69. The quantitative estimate of drug-likeness (QED) is 0.473. The van der Waals surface area contributed by atoms with Gasteiger partial charge in [0.2, 0.25) is 0 Å². The van der Waals surface area contributed by atoms with Gasteiger partial charge in [0, 0.05) is 25.3 Å². The maximum Gasteiger partial charge on any atom is 0.331 e. The maximum atomic E-state index is 13.4. The number of esters is 1. The normalized spacial score (nSPS) is 10.6. The molecule has 0 bridgehead atoms. The third kappa shape index (κ3) is 6.37. The highest BCUT2D eigenvalue weighted by molar-refractivity contribution is 6.32. The highest BCUT2D eigenvalue weighted by Crippen LogP contribution is 2.20. The van der Waals surface area contributed by atoms with E-state index in [1.807, 2.05) is 0 Å². The van der Waals surface area contributed by atoms with E-state index in [2.05, 4.69) is 5.32 Å². The average molecular weight is 316 g/mol. The van der Waals surface area contributed by atoms with Crippen molar-refractivity contribution < 1.29 is 23.5 Å². The van der Waals surface area contributed by atoms with Gasteiger partial charge in [-0.1, -0.05) is 17.7 Å². The van der Waals surface area contributed by atoms with E-state index in [9.17, 15) is 14.0 Å². The summed E-state index contributed by atoms with van der Waals surface area (Å²) in [6.45, 7) is 0.275. The Bertz CT molecular complexity index is 513. The van der Waals surface area contributed by atoms with Crippen molar-refractivity contribution in [2.45, 2.75) is 0 Å². The van der Waals surface area contributed by atoms with Crippen LogP contribution in [-0.2, 0) is 19.1 Å². The highest BCUT2D eigenvalue weighted by atomic mass is 35.5. The Labute approximate surface area is 126 Å². The van der Waals surface area contributed by atoms with Crippen LogP contribution in [0.25, 0.3) is 6.08 Å². The summed E-state index contributed by atoms with van der Waals surface area (Å²) in [5.41, 5.74) is 0.0839. The molecular weight excluding hydrogens is 301 g/mol. The van der Waals surface area contributed by atoms with Crippen LogP contribution in [0.1, 0.15) is 5.56 Å². The van der Waals surface area contributed by atoms with Crippen molar-refractivity contribution in [2.24, 2.45) is 0 Å². The van der Waals surface area contributed by atoms with Gasteiger partial charge in [0.1, 0.15) is 5.82 Å². The fourth-order valence-corrected chi connectivity index (χ4v) is 1.58. The van der Waals surface area contributed by atoms with E-state index in [1.165, 1.54) is 31.4 Å². The van der Waals surface area contributed by atoms with Crippen LogP contribution in [0.3, 0.4) is 0 Å². The molecule has 0 heterocycles. The lowest BCUT2D eigenvalue weighted by atomic mass is 10.2. The molecule has 0 spiro atoms. The second-order valence-corrected chi connectivity index (χ2v) is 4.33. The van der Waals surface area contributed by atoms with E-state index in [0.717, 1.165) is 6.08 Å². The largest absolute Gasteiger partial charge is 0.452 e. The lowest BCUT2D eigenvalue weighted by Crippen LogP contribution is -2.31.